The number of alkyl halides is 3. The standard InChI is InChI=1S/C26H31F3N6O4S2/c1-39-23-18(16-41(2,37)38)12-17(13-30-23)20-22-21(32-25(31-20)35-6-4-3-5-7-35)19(15-40-22)14-33-8-10-34(11-9-33)24(36)26(27,28)29/h12-13,15H,3-11,14,16H2,1-2H3. The molecule has 0 saturated carbocycles. The van der Waals surface area contributed by atoms with Crippen LogP contribution in [0, 0.1) is 0 Å². The van der Waals surface area contributed by atoms with Crippen LogP contribution in [0.3, 0.4) is 0 Å². The molecule has 10 nitrogen and oxygen atoms in total. The molecule has 0 aliphatic carbocycles. The average molecular weight is 613 g/mol. The Morgan fingerprint density at radius 1 is 1.05 bits per heavy atom. The minimum absolute atomic E-state index is 0.000303. The highest BCUT2D eigenvalue weighted by molar-refractivity contribution is 7.89. The Hall–Kier alpha value is -3.04. The summed E-state index contributed by atoms with van der Waals surface area (Å²) in [5, 5.41) is 1.98. The van der Waals surface area contributed by atoms with Crippen molar-refractivity contribution >= 4 is 43.2 Å². The molecule has 2 aliphatic heterocycles. The van der Waals surface area contributed by atoms with E-state index in [4.69, 9.17) is 14.7 Å². The van der Waals surface area contributed by atoms with Crippen LogP contribution in [0.25, 0.3) is 21.5 Å². The van der Waals surface area contributed by atoms with Gasteiger partial charge in [-0.3, -0.25) is 9.69 Å². The highest BCUT2D eigenvalue weighted by atomic mass is 32.2. The number of anilines is 1. The highest BCUT2D eigenvalue weighted by Crippen LogP contribution is 2.37. The van der Waals surface area contributed by atoms with E-state index in [9.17, 15) is 26.4 Å². The SMILES string of the molecule is COc1ncc(-c2nc(N3CCCCC3)nc3c(CN4CCN(C(=O)C(F)(F)F)CC4)csc23)cc1CS(C)(=O)=O. The quantitative estimate of drug-likeness (QED) is 0.396. The van der Waals surface area contributed by atoms with Crippen molar-refractivity contribution in [2.75, 3.05) is 57.5 Å². The largest absolute Gasteiger partial charge is 0.481 e. The molecule has 3 aromatic rings. The Morgan fingerprint density at radius 2 is 1.76 bits per heavy atom. The minimum Gasteiger partial charge on any atom is -0.481 e. The first-order chi connectivity index (χ1) is 19.4. The lowest BCUT2D eigenvalue weighted by atomic mass is 10.1. The number of piperazine rings is 1. The van der Waals surface area contributed by atoms with Crippen LogP contribution >= 0.6 is 11.3 Å². The maximum atomic E-state index is 12.9. The molecule has 2 saturated heterocycles. The summed E-state index contributed by atoms with van der Waals surface area (Å²) in [6.07, 6.45) is 1.08. The van der Waals surface area contributed by atoms with Gasteiger partial charge in [-0.15, -0.1) is 11.3 Å². The van der Waals surface area contributed by atoms with E-state index in [1.54, 1.807) is 12.3 Å². The lowest BCUT2D eigenvalue weighted by Gasteiger charge is -2.34. The first-order valence-corrected chi connectivity index (χ1v) is 16.2. The van der Waals surface area contributed by atoms with Gasteiger partial charge in [0.1, 0.15) is 0 Å². The summed E-state index contributed by atoms with van der Waals surface area (Å²) in [5.41, 5.74) is 3.37. The third-order valence-corrected chi connectivity index (χ3v) is 9.08. The van der Waals surface area contributed by atoms with E-state index < -0.39 is 21.9 Å². The number of piperidine rings is 1. The minimum atomic E-state index is -4.87. The number of fused-ring (bicyclic) bond motifs is 1. The topological polar surface area (TPSA) is 109 Å². The molecule has 2 aliphatic rings. The number of pyridine rings is 1. The van der Waals surface area contributed by atoms with Crippen molar-refractivity contribution in [2.24, 2.45) is 0 Å². The molecule has 0 atom stereocenters. The van der Waals surface area contributed by atoms with Crippen LogP contribution in [0.4, 0.5) is 19.1 Å². The predicted molar refractivity (Wildman–Crippen MR) is 150 cm³/mol. The molecule has 0 radical (unpaired) electrons. The average Bonchev–Trinajstić information content (AvgIpc) is 3.34. The number of sulfone groups is 1. The molecule has 2 fully saturated rings. The lowest BCUT2D eigenvalue weighted by Crippen LogP contribution is -2.52. The zero-order chi connectivity index (χ0) is 29.4. The molecule has 1 amide bonds. The van der Waals surface area contributed by atoms with Gasteiger partial charge in [-0.25, -0.2) is 23.4 Å². The maximum Gasteiger partial charge on any atom is 0.471 e. The van der Waals surface area contributed by atoms with Gasteiger partial charge in [-0.1, -0.05) is 0 Å². The van der Waals surface area contributed by atoms with Crippen LogP contribution in [0.2, 0.25) is 0 Å². The Bertz CT molecular complexity index is 1530. The number of ether oxygens (including phenoxy) is 1. The number of halogens is 3. The molecular formula is C26H31F3N6O4S2. The second-order valence-electron chi connectivity index (χ2n) is 10.4. The maximum absolute atomic E-state index is 12.9. The van der Waals surface area contributed by atoms with Crippen LogP contribution in [-0.2, 0) is 26.9 Å². The normalized spacial score (nSPS) is 17.3. The van der Waals surface area contributed by atoms with Crippen LogP contribution < -0.4 is 9.64 Å². The van der Waals surface area contributed by atoms with Crippen molar-refractivity contribution in [2.45, 2.75) is 37.7 Å². The number of carbonyl (C=O) groups excluding carboxylic acids is 1. The summed E-state index contributed by atoms with van der Waals surface area (Å²) in [5.74, 6) is -1.23. The number of thiophene rings is 1. The molecule has 41 heavy (non-hydrogen) atoms. The number of rotatable bonds is 7. The summed E-state index contributed by atoms with van der Waals surface area (Å²) in [4.78, 5) is 30.9. The third kappa shape index (κ3) is 6.72. The van der Waals surface area contributed by atoms with Gasteiger partial charge in [0, 0.05) is 75.0 Å². The van der Waals surface area contributed by atoms with E-state index in [1.807, 2.05) is 10.3 Å². The van der Waals surface area contributed by atoms with Crippen molar-refractivity contribution in [1.29, 1.82) is 0 Å². The van der Waals surface area contributed by atoms with E-state index >= 15 is 0 Å². The fourth-order valence-electron chi connectivity index (χ4n) is 5.22. The molecular weight excluding hydrogens is 581 g/mol. The van der Waals surface area contributed by atoms with Gasteiger partial charge < -0.3 is 14.5 Å². The van der Waals surface area contributed by atoms with Gasteiger partial charge in [-0.05, 0) is 30.7 Å². The van der Waals surface area contributed by atoms with Crippen LogP contribution in [-0.4, -0.2) is 97.9 Å². The summed E-state index contributed by atoms with van der Waals surface area (Å²) < 4.78 is 68.9. The predicted octanol–water partition coefficient (Wildman–Crippen LogP) is 3.50. The van der Waals surface area contributed by atoms with Crippen LogP contribution in [0.15, 0.2) is 17.6 Å². The molecule has 0 bridgehead atoms. The third-order valence-electron chi connectivity index (χ3n) is 7.22. The Morgan fingerprint density at radius 3 is 2.39 bits per heavy atom. The zero-order valence-electron chi connectivity index (χ0n) is 22.8. The smallest absolute Gasteiger partial charge is 0.471 e. The van der Waals surface area contributed by atoms with Crippen LogP contribution in [0.5, 0.6) is 5.88 Å². The molecule has 0 N–H and O–H groups in total. The number of nitrogens with zero attached hydrogens (tertiary/aromatic N) is 6. The van der Waals surface area contributed by atoms with Gasteiger partial charge in [0.15, 0.2) is 9.84 Å². The fraction of sp³-hybridized carbons (Fsp3) is 0.538. The molecule has 0 aromatic carbocycles. The monoisotopic (exact) mass is 612 g/mol. The van der Waals surface area contributed by atoms with E-state index in [0.29, 0.717) is 42.4 Å². The molecule has 3 aromatic heterocycles. The van der Waals surface area contributed by atoms with Gasteiger partial charge in [0.25, 0.3) is 0 Å². The van der Waals surface area contributed by atoms with E-state index in [-0.39, 0.29) is 24.7 Å². The lowest BCUT2D eigenvalue weighted by molar-refractivity contribution is -0.187. The summed E-state index contributed by atoms with van der Waals surface area (Å²) in [6.45, 7) is 2.73. The Balaban J connectivity index is 1.49. The van der Waals surface area contributed by atoms with Crippen molar-refractivity contribution in [3.8, 4) is 17.1 Å². The Kier molecular flexibility index (Phi) is 8.39. The second kappa shape index (κ2) is 11.7. The van der Waals surface area contributed by atoms with Crippen molar-refractivity contribution in [1.82, 2.24) is 24.8 Å². The van der Waals surface area contributed by atoms with Crippen molar-refractivity contribution in [3.63, 3.8) is 0 Å². The van der Waals surface area contributed by atoms with E-state index in [1.165, 1.54) is 18.4 Å². The number of hydrogen-bond acceptors (Lipinski definition) is 10. The number of carbonyl (C=O) groups is 1. The highest BCUT2D eigenvalue weighted by Gasteiger charge is 2.43. The first-order valence-electron chi connectivity index (χ1n) is 13.3. The van der Waals surface area contributed by atoms with Crippen LogP contribution in [0.1, 0.15) is 30.4 Å². The second-order valence-corrected chi connectivity index (χ2v) is 13.4. The number of aromatic nitrogens is 3. The summed E-state index contributed by atoms with van der Waals surface area (Å²) >= 11 is 1.46. The molecule has 5 rings (SSSR count). The van der Waals surface area contributed by atoms with E-state index in [2.05, 4.69) is 9.88 Å². The first kappa shape index (κ1) is 29.5. The van der Waals surface area contributed by atoms with Gasteiger partial charge in [-0.2, -0.15) is 13.2 Å². The van der Waals surface area contributed by atoms with E-state index in [0.717, 1.165) is 59.3 Å². The Labute approximate surface area is 240 Å². The van der Waals surface area contributed by atoms with Gasteiger partial charge in [0.05, 0.1) is 28.8 Å². The molecule has 15 heteroatoms. The van der Waals surface area contributed by atoms with Gasteiger partial charge in [0.2, 0.25) is 11.8 Å². The summed E-state index contributed by atoms with van der Waals surface area (Å²) in [6, 6.07) is 1.74. The zero-order valence-corrected chi connectivity index (χ0v) is 24.4. The van der Waals surface area contributed by atoms with Crippen molar-refractivity contribution < 1.29 is 31.1 Å². The summed E-state index contributed by atoms with van der Waals surface area (Å²) in [7, 11) is -1.92. The molecule has 0 spiro atoms. The molecule has 5 heterocycles. The fourth-order valence-corrected chi connectivity index (χ4v) is 7.00. The van der Waals surface area contributed by atoms with Crippen molar-refractivity contribution in [3.05, 3.63) is 28.8 Å². The van der Waals surface area contributed by atoms with Gasteiger partial charge >= 0.3 is 12.1 Å². The molecule has 222 valence electrons. The molecule has 0 unspecified atom stereocenters. The number of methoxy groups -OCH3 is 1. The number of hydrogen-bond donors (Lipinski definition) is 0. The number of amides is 1.